The van der Waals surface area contributed by atoms with Crippen LogP contribution in [0.4, 0.5) is 5.69 Å². The topological polar surface area (TPSA) is 66.6 Å². The number of rotatable bonds is 2. The number of benzene rings is 1. The quantitative estimate of drug-likeness (QED) is 0.717. The summed E-state index contributed by atoms with van der Waals surface area (Å²) in [7, 11) is -1.55. The molecule has 118 valence electrons. The summed E-state index contributed by atoms with van der Waals surface area (Å²) in [5.41, 5.74) is 6.24. The van der Waals surface area contributed by atoms with Crippen molar-refractivity contribution in [2.45, 2.75) is 30.8 Å². The maximum absolute atomic E-state index is 12.9. The van der Waals surface area contributed by atoms with Crippen LogP contribution in [0, 0.1) is 0 Å². The Morgan fingerprint density at radius 1 is 1.14 bits per heavy atom. The Morgan fingerprint density at radius 3 is 2.00 bits per heavy atom. The third-order valence-electron chi connectivity index (χ3n) is 3.94. The van der Waals surface area contributed by atoms with Crippen LogP contribution >= 0.6 is 31.9 Å². The molecule has 0 bridgehead atoms. The molecule has 2 atom stereocenters. The lowest BCUT2D eigenvalue weighted by molar-refractivity contribution is 0.105. The second kappa shape index (κ2) is 6.16. The van der Waals surface area contributed by atoms with Crippen molar-refractivity contribution in [2.75, 3.05) is 25.9 Å². The highest BCUT2D eigenvalue weighted by molar-refractivity contribution is 9.11. The molecule has 1 saturated heterocycles. The Labute approximate surface area is 142 Å². The van der Waals surface area contributed by atoms with Crippen LogP contribution in [0.15, 0.2) is 26.0 Å². The highest BCUT2D eigenvalue weighted by Gasteiger charge is 2.36. The Bertz CT molecular complexity index is 616. The molecule has 0 aromatic heterocycles. The maximum atomic E-state index is 12.9. The molecule has 0 amide bonds. The van der Waals surface area contributed by atoms with Crippen molar-refractivity contribution in [3.05, 3.63) is 21.1 Å². The Hall–Kier alpha value is -0.150. The third kappa shape index (κ3) is 3.29. The lowest BCUT2D eigenvalue weighted by Crippen LogP contribution is -2.56. The van der Waals surface area contributed by atoms with Crippen LogP contribution < -0.4 is 5.73 Å². The minimum absolute atomic E-state index is 0.176. The molecule has 1 heterocycles. The first kappa shape index (κ1) is 17.2. The zero-order chi connectivity index (χ0) is 15.9. The molecule has 0 spiro atoms. The number of nitrogen functional groups attached to an aromatic ring is 1. The van der Waals surface area contributed by atoms with Gasteiger partial charge in [0.05, 0.1) is 0 Å². The fourth-order valence-corrected chi connectivity index (χ4v) is 6.65. The van der Waals surface area contributed by atoms with Crippen molar-refractivity contribution in [1.82, 2.24) is 9.21 Å². The van der Waals surface area contributed by atoms with E-state index < -0.39 is 10.0 Å². The molecule has 1 aromatic rings. The molecule has 1 aromatic carbocycles. The average Bonchev–Trinajstić information content (AvgIpc) is 2.33. The summed E-state index contributed by atoms with van der Waals surface area (Å²) in [5, 5.41) is 0. The van der Waals surface area contributed by atoms with Gasteiger partial charge in [-0.25, -0.2) is 8.42 Å². The summed E-state index contributed by atoms with van der Waals surface area (Å²) < 4.78 is 28.4. The van der Waals surface area contributed by atoms with Crippen LogP contribution in [0.25, 0.3) is 0 Å². The van der Waals surface area contributed by atoms with Gasteiger partial charge >= 0.3 is 0 Å². The van der Waals surface area contributed by atoms with Crippen molar-refractivity contribution >= 4 is 47.6 Å². The zero-order valence-corrected chi connectivity index (χ0v) is 16.2. The molecule has 2 N–H and O–H groups in total. The summed E-state index contributed by atoms with van der Waals surface area (Å²) in [6.07, 6.45) is 0. The largest absolute Gasteiger partial charge is 0.399 e. The molecular formula is C13H19Br2N3O2S. The van der Waals surface area contributed by atoms with Crippen LogP contribution in [0.1, 0.15) is 13.8 Å². The number of nitrogens with zero attached hydrogens (tertiary/aromatic N) is 2. The van der Waals surface area contributed by atoms with Crippen molar-refractivity contribution < 1.29 is 8.42 Å². The van der Waals surface area contributed by atoms with E-state index in [1.807, 2.05) is 20.9 Å². The van der Waals surface area contributed by atoms with Gasteiger partial charge in [0.15, 0.2) is 0 Å². The molecule has 2 unspecified atom stereocenters. The average molecular weight is 441 g/mol. The number of halogens is 2. The molecule has 5 nitrogen and oxygen atoms in total. The van der Waals surface area contributed by atoms with Crippen molar-refractivity contribution in [3.8, 4) is 0 Å². The monoisotopic (exact) mass is 439 g/mol. The first-order valence-corrected chi connectivity index (χ1v) is 9.63. The van der Waals surface area contributed by atoms with Gasteiger partial charge in [-0.3, -0.25) is 4.90 Å². The highest BCUT2D eigenvalue weighted by atomic mass is 79.9. The van der Waals surface area contributed by atoms with E-state index >= 15 is 0 Å². The van der Waals surface area contributed by atoms with E-state index in [0.29, 0.717) is 27.7 Å². The summed E-state index contributed by atoms with van der Waals surface area (Å²) >= 11 is 6.63. The summed E-state index contributed by atoms with van der Waals surface area (Å²) in [6, 6.07) is 3.57. The number of hydrogen-bond acceptors (Lipinski definition) is 4. The molecule has 0 saturated carbocycles. The van der Waals surface area contributed by atoms with Crippen molar-refractivity contribution in [1.29, 1.82) is 0 Å². The number of sulfonamides is 1. The summed E-state index contributed by atoms with van der Waals surface area (Å²) in [5.74, 6) is 0. The van der Waals surface area contributed by atoms with Crippen LogP contribution in [0.3, 0.4) is 0 Å². The lowest BCUT2D eigenvalue weighted by Gasteiger charge is -2.41. The van der Waals surface area contributed by atoms with Crippen LogP contribution in [0.2, 0.25) is 0 Å². The summed E-state index contributed by atoms with van der Waals surface area (Å²) in [6.45, 7) is 5.02. The number of likely N-dealkylation sites (N-methyl/N-ethyl adjacent to an activating group) is 1. The van der Waals surface area contributed by atoms with E-state index in [1.165, 1.54) is 0 Å². The zero-order valence-electron chi connectivity index (χ0n) is 12.2. The van der Waals surface area contributed by atoms with E-state index in [4.69, 9.17) is 5.73 Å². The predicted octanol–water partition coefficient (Wildman–Crippen LogP) is 2.51. The van der Waals surface area contributed by atoms with Gasteiger partial charge in [0.2, 0.25) is 10.0 Å². The van der Waals surface area contributed by atoms with Crippen LogP contribution in [-0.4, -0.2) is 49.8 Å². The SMILES string of the molecule is CC1CN(S(=O)(=O)c2c(Br)cc(N)cc2Br)CC(C)N1C. The minimum Gasteiger partial charge on any atom is -0.399 e. The first-order chi connectivity index (χ1) is 9.64. The van der Waals surface area contributed by atoms with E-state index in [0.717, 1.165) is 0 Å². The summed E-state index contributed by atoms with van der Waals surface area (Å²) in [4.78, 5) is 2.43. The maximum Gasteiger partial charge on any atom is 0.245 e. The molecule has 8 heteroatoms. The van der Waals surface area contributed by atoms with E-state index in [1.54, 1.807) is 16.4 Å². The molecule has 21 heavy (non-hydrogen) atoms. The molecule has 2 rings (SSSR count). The van der Waals surface area contributed by atoms with E-state index in [-0.39, 0.29) is 17.0 Å². The van der Waals surface area contributed by atoms with Crippen LogP contribution in [-0.2, 0) is 10.0 Å². The second-order valence-corrected chi connectivity index (χ2v) is 9.08. The van der Waals surface area contributed by atoms with Gasteiger partial charge in [0.1, 0.15) is 4.90 Å². The minimum atomic E-state index is -3.57. The fourth-order valence-electron chi connectivity index (χ4n) is 2.51. The van der Waals surface area contributed by atoms with Gasteiger partial charge in [-0.05, 0) is 64.9 Å². The normalized spacial score (nSPS) is 25.2. The van der Waals surface area contributed by atoms with E-state index in [9.17, 15) is 8.42 Å². The highest BCUT2D eigenvalue weighted by Crippen LogP contribution is 2.35. The van der Waals surface area contributed by atoms with Gasteiger partial charge in [-0.2, -0.15) is 4.31 Å². The standard InChI is InChI=1S/C13H19Br2N3O2S/c1-8-6-18(7-9(2)17(8)3)21(19,20)13-11(14)4-10(16)5-12(13)15/h4-5,8-9H,6-7,16H2,1-3H3. The van der Waals surface area contributed by atoms with Crippen molar-refractivity contribution in [2.24, 2.45) is 0 Å². The van der Waals surface area contributed by atoms with Gasteiger partial charge in [-0.1, -0.05) is 0 Å². The number of nitrogens with two attached hydrogens (primary N) is 1. The van der Waals surface area contributed by atoms with Gasteiger partial charge in [0, 0.05) is 39.8 Å². The Balaban J connectivity index is 2.44. The van der Waals surface area contributed by atoms with Crippen LogP contribution in [0.5, 0.6) is 0 Å². The van der Waals surface area contributed by atoms with E-state index in [2.05, 4.69) is 36.8 Å². The Morgan fingerprint density at radius 2 is 1.57 bits per heavy atom. The molecule has 0 aliphatic carbocycles. The molecule has 1 fully saturated rings. The molecule has 1 aliphatic rings. The van der Waals surface area contributed by atoms with Gasteiger partial charge in [-0.15, -0.1) is 0 Å². The van der Waals surface area contributed by atoms with Gasteiger partial charge in [0.25, 0.3) is 0 Å². The predicted molar refractivity (Wildman–Crippen MR) is 91.7 cm³/mol. The molecular weight excluding hydrogens is 422 g/mol. The third-order valence-corrected chi connectivity index (χ3v) is 7.65. The smallest absolute Gasteiger partial charge is 0.245 e. The van der Waals surface area contributed by atoms with Gasteiger partial charge < -0.3 is 5.73 Å². The Kier molecular flexibility index (Phi) is 5.04. The molecule has 0 radical (unpaired) electrons. The fraction of sp³-hybridized carbons (Fsp3) is 0.538. The number of piperazine rings is 1. The second-order valence-electron chi connectivity index (χ2n) is 5.50. The number of hydrogen-bond donors (Lipinski definition) is 1. The molecule has 1 aliphatic heterocycles. The van der Waals surface area contributed by atoms with Crippen molar-refractivity contribution in [3.63, 3.8) is 0 Å². The first-order valence-electron chi connectivity index (χ1n) is 6.61. The number of anilines is 1. The lowest BCUT2D eigenvalue weighted by atomic mass is 10.1.